The van der Waals surface area contributed by atoms with Crippen LogP contribution in [0.2, 0.25) is 0 Å². The molecule has 0 spiro atoms. The number of carbonyl (C=O) groups excluding carboxylic acids is 3. The van der Waals surface area contributed by atoms with Gasteiger partial charge in [0.2, 0.25) is 5.91 Å². The molecule has 1 aliphatic rings. The SMILES string of the molecule is Cc1ccc(C(=O)Nc2ccc(C3OC(=O)N(Cc4ccccc4)C3C(=O)NCCc3ccccn3)cc2)cc1. The molecule has 2 N–H and O–H groups in total. The van der Waals surface area contributed by atoms with E-state index >= 15 is 0 Å². The third kappa shape index (κ3) is 6.35. The van der Waals surface area contributed by atoms with Crippen LogP contribution in [0.1, 0.15) is 38.8 Å². The number of nitrogens with zero attached hydrogens (tertiary/aromatic N) is 2. The summed E-state index contributed by atoms with van der Waals surface area (Å²) in [6, 6.07) is 28.6. The van der Waals surface area contributed by atoms with Crippen molar-refractivity contribution in [1.29, 1.82) is 0 Å². The minimum Gasteiger partial charge on any atom is -0.438 e. The van der Waals surface area contributed by atoms with Crippen LogP contribution in [0, 0.1) is 6.92 Å². The van der Waals surface area contributed by atoms with Crippen molar-refractivity contribution in [2.75, 3.05) is 11.9 Å². The highest BCUT2D eigenvalue weighted by Gasteiger charge is 2.46. The Balaban J connectivity index is 1.32. The Morgan fingerprint density at radius 2 is 1.62 bits per heavy atom. The van der Waals surface area contributed by atoms with Gasteiger partial charge in [-0.2, -0.15) is 0 Å². The van der Waals surface area contributed by atoms with Crippen molar-refractivity contribution in [3.63, 3.8) is 0 Å². The number of amides is 3. The van der Waals surface area contributed by atoms with E-state index in [2.05, 4.69) is 15.6 Å². The third-order valence-corrected chi connectivity index (χ3v) is 6.77. The van der Waals surface area contributed by atoms with E-state index in [9.17, 15) is 14.4 Å². The number of hydrogen-bond donors (Lipinski definition) is 2. The normalized spacial score (nSPS) is 16.3. The van der Waals surface area contributed by atoms with Gasteiger partial charge in [-0.05, 0) is 54.4 Å². The molecule has 5 rings (SSSR count). The molecule has 0 saturated carbocycles. The molecule has 1 fully saturated rings. The number of nitrogens with one attached hydrogen (secondary N) is 2. The van der Waals surface area contributed by atoms with Crippen molar-refractivity contribution in [2.24, 2.45) is 0 Å². The lowest BCUT2D eigenvalue weighted by Crippen LogP contribution is -2.46. The van der Waals surface area contributed by atoms with Crippen LogP contribution in [0.25, 0.3) is 0 Å². The molecule has 4 aromatic rings. The van der Waals surface area contributed by atoms with E-state index in [1.807, 2.05) is 67.6 Å². The fraction of sp³-hybridized carbons (Fsp3) is 0.188. The number of hydrogen-bond acceptors (Lipinski definition) is 5. The zero-order valence-corrected chi connectivity index (χ0v) is 22.1. The Bertz CT molecular complexity index is 1460. The second kappa shape index (κ2) is 12.3. The standard InChI is InChI=1S/C32H30N4O4/c1-22-10-12-25(13-11-22)30(37)35-27-16-14-24(15-17-27)29-28(31(38)34-20-18-26-9-5-6-19-33-26)36(32(39)40-29)21-23-7-3-2-4-8-23/h2-17,19,28-29H,18,20-21H2,1H3,(H,34,38)(H,35,37). The van der Waals surface area contributed by atoms with E-state index in [1.165, 1.54) is 4.90 Å². The van der Waals surface area contributed by atoms with E-state index in [1.54, 1.807) is 42.6 Å². The van der Waals surface area contributed by atoms with Crippen LogP contribution in [0.4, 0.5) is 10.5 Å². The Morgan fingerprint density at radius 1 is 0.900 bits per heavy atom. The van der Waals surface area contributed by atoms with Crippen molar-refractivity contribution in [2.45, 2.75) is 32.0 Å². The molecule has 2 heterocycles. The largest absolute Gasteiger partial charge is 0.438 e. The Kier molecular flexibility index (Phi) is 8.15. The zero-order chi connectivity index (χ0) is 27.9. The van der Waals surface area contributed by atoms with Gasteiger partial charge < -0.3 is 15.4 Å². The molecule has 2 unspecified atom stereocenters. The number of aromatic nitrogens is 1. The molecule has 8 heteroatoms. The van der Waals surface area contributed by atoms with Crippen molar-refractivity contribution in [3.8, 4) is 0 Å². The van der Waals surface area contributed by atoms with Crippen LogP contribution in [-0.4, -0.2) is 40.4 Å². The highest BCUT2D eigenvalue weighted by molar-refractivity contribution is 6.04. The lowest BCUT2D eigenvalue weighted by Gasteiger charge is -2.24. The summed E-state index contributed by atoms with van der Waals surface area (Å²) in [5.41, 5.74) is 4.63. The lowest BCUT2D eigenvalue weighted by atomic mass is 10.00. The number of anilines is 1. The smallest absolute Gasteiger partial charge is 0.411 e. The maximum Gasteiger partial charge on any atom is 0.411 e. The maximum atomic E-state index is 13.5. The van der Waals surface area contributed by atoms with Crippen LogP contribution < -0.4 is 10.6 Å². The van der Waals surface area contributed by atoms with Gasteiger partial charge in [-0.1, -0.05) is 66.2 Å². The molecule has 1 aliphatic heterocycles. The van der Waals surface area contributed by atoms with Crippen LogP contribution in [0.15, 0.2) is 103 Å². The number of carbonyl (C=O) groups is 3. The number of cyclic esters (lactones) is 1. The molecular weight excluding hydrogens is 504 g/mol. The van der Waals surface area contributed by atoms with Crippen LogP contribution in [-0.2, 0) is 22.5 Å². The van der Waals surface area contributed by atoms with Crippen LogP contribution in [0.3, 0.4) is 0 Å². The first-order valence-electron chi connectivity index (χ1n) is 13.1. The van der Waals surface area contributed by atoms with Crippen molar-refractivity contribution in [1.82, 2.24) is 15.2 Å². The average Bonchev–Trinajstić information content (AvgIpc) is 3.30. The molecule has 3 aromatic carbocycles. The molecule has 0 bridgehead atoms. The zero-order valence-electron chi connectivity index (χ0n) is 22.1. The third-order valence-electron chi connectivity index (χ3n) is 6.77. The predicted molar refractivity (Wildman–Crippen MR) is 152 cm³/mol. The van der Waals surface area contributed by atoms with Crippen LogP contribution in [0.5, 0.6) is 0 Å². The van der Waals surface area contributed by atoms with Gasteiger partial charge in [-0.3, -0.25) is 19.5 Å². The van der Waals surface area contributed by atoms with Crippen molar-refractivity contribution < 1.29 is 19.1 Å². The monoisotopic (exact) mass is 534 g/mol. The molecule has 40 heavy (non-hydrogen) atoms. The quantitative estimate of drug-likeness (QED) is 0.313. The summed E-state index contributed by atoms with van der Waals surface area (Å²) in [5, 5.41) is 5.84. The molecule has 3 amide bonds. The van der Waals surface area contributed by atoms with Crippen molar-refractivity contribution >= 4 is 23.6 Å². The first-order chi connectivity index (χ1) is 19.5. The van der Waals surface area contributed by atoms with Gasteiger partial charge in [0.1, 0.15) is 0 Å². The number of aryl methyl sites for hydroxylation is 1. The molecule has 0 aliphatic carbocycles. The first-order valence-corrected chi connectivity index (χ1v) is 13.1. The lowest BCUT2D eigenvalue weighted by molar-refractivity contribution is -0.126. The summed E-state index contributed by atoms with van der Waals surface area (Å²) < 4.78 is 5.76. The summed E-state index contributed by atoms with van der Waals surface area (Å²) in [4.78, 5) is 44.9. The van der Waals surface area contributed by atoms with E-state index in [-0.39, 0.29) is 18.4 Å². The minimum absolute atomic E-state index is 0.223. The molecule has 202 valence electrons. The molecule has 1 aromatic heterocycles. The average molecular weight is 535 g/mol. The van der Waals surface area contributed by atoms with Gasteiger partial charge in [-0.25, -0.2) is 4.79 Å². The van der Waals surface area contributed by atoms with E-state index in [0.717, 1.165) is 16.8 Å². The van der Waals surface area contributed by atoms with Crippen molar-refractivity contribution in [3.05, 3.63) is 131 Å². The first kappa shape index (κ1) is 26.6. The minimum atomic E-state index is -0.871. The Labute approximate surface area is 233 Å². The Morgan fingerprint density at radius 3 is 2.33 bits per heavy atom. The van der Waals surface area contributed by atoms with Crippen LogP contribution >= 0.6 is 0 Å². The predicted octanol–water partition coefficient (Wildman–Crippen LogP) is 5.06. The second-order valence-corrected chi connectivity index (χ2v) is 9.67. The van der Waals surface area contributed by atoms with Gasteiger partial charge in [0.15, 0.2) is 12.1 Å². The van der Waals surface area contributed by atoms with Gasteiger partial charge in [0.05, 0.1) is 6.54 Å². The molecule has 1 saturated heterocycles. The summed E-state index contributed by atoms with van der Waals surface area (Å²) in [7, 11) is 0. The number of benzene rings is 3. The number of pyridine rings is 1. The molecule has 8 nitrogen and oxygen atoms in total. The number of rotatable bonds is 9. The molecule has 0 radical (unpaired) electrons. The number of ether oxygens (including phenoxy) is 1. The summed E-state index contributed by atoms with van der Waals surface area (Å²) in [5.74, 6) is -0.529. The molecule has 2 atom stereocenters. The highest BCUT2D eigenvalue weighted by atomic mass is 16.6. The summed E-state index contributed by atoms with van der Waals surface area (Å²) in [6.07, 6.45) is 0.904. The van der Waals surface area contributed by atoms with E-state index in [4.69, 9.17) is 4.74 Å². The topological polar surface area (TPSA) is 101 Å². The summed E-state index contributed by atoms with van der Waals surface area (Å²) in [6.45, 7) is 2.57. The van der Waals surface area contributed by atoms with Gasteiger partial charge in [0, 0.05) is 36.1 Å². The van der Waals surface area contributed by atoms with E-state index in [0.29, 0.717) is 29.8 Å². The fourth-order valence-corrected chi connectivity index (χ4v) is 4.62. The highest BCUT2D eigenvalue weighted by Crippen LogP contribution is 2.34. The maximum absolute atomic E-state index is 13.5. The van der Waals surface area contributed by atoms with Gasteiger partial charge >= 0.3 is 6.09 Å². The Hall–Kier alpha value is -4.98. The summed E-state index contributed by atoms with van der Waals surface area (Å²) >= 11 is 0. The second-order valence-electron chi connectivity index (χ2n) is 9.67. The fourth-order valence-electron chi connectivity index (χ4n) is 4.62. The van der Waals surface area contributed by atoms with Gasteiger partial charge in [-0.15, -0.1) is 0 Å². The molecular formula is C32H30N4O4. The van der Waals surface area contributed by atoms with Gasteiger partial charge in [0.25, 0.3) is 5.91 Å². The van der Waals surface area contributed by atoms with E-state index < -0.39 is 18.2 Å².